The number of nitrogens with zero attached hydrogens (tertiary/aromatic N) is 1. The van der Waals surface area contributed by atoms with Crippen LogP contribution < -0.4 is 23.7 Å². The van der Waals surface area contributed by atoms with Crippen molar-refractivity contribution in [2.45, 2.75) is 11.9 Å². The second-order valence-corrected chi connectivity index (χ2v) is 7.40. The highest BCUT2D eigenvalue weighted by Crippen LogP contribution is 2.44. The molecule has 2 aromatic rings. The van der Waals surface area contributed by atoms with Gasteiger partial charge in [-0.2, -0.15) is 0 Å². The summed E-state index contributed by atoms with van der Waals surface area (Å²) < 4.78 is 27.0. The van der Waals surface area contributed by atoms with E-state index < -0.39 is 0 Å². The van der Waals surface area contributed by atoms with Crippen molar-refractivity contribution in [2.24, 2.45) is 0 Å². The van der Waals surface area contributed by atoms with Gasteiger partial charge in [0.1, 0.15) is 5.37 Å². The van der Waals surface area contributed by atoms with Gasteiger partial charge < -0.3 is 28.6 Å². The van der Waals surface area contributed by atoms with E-state index in [0.717, 1.165) is 11.1 Å². The van der Waals surface area contributed by atoms with Gasteiger partial charge >= 0.3 is 0 Å². The third-order valence-corrected chi connectivity index (χ3v) is 5.99. The number of amides is 1. The van der Waals surface area contributed by atoms with E-state index in [1.807, 2.05) is 35.2 Å². The fourth-order valence-corrected chi connectivity index (χ4v) is 4.51. The minimum absolute atomic E-state index is 0.0727. The van der Waals surface area contributed by atoms with E-state index in [1.165, 1.54) is 0 Å². The molecule has 8 heteroatoms. The SMILES string of the molecule is COc1ccc(C2SCC(=O)N2Cc2cc(OC)c(OC)c(OC)c2)cc1OC. The largest absolute Gasteiger partial charge is 0.493 e. The predicted molar refractivity (Wildman–Crippen MR) is 111 cm³/mol. The molecule has 0 N–H and O–H groups in total. The summed E-state index contributed by atoms with van der Waals surface area (Å²) in [5, 5.41) is -0.124. The van der Waals surface area contributed by atoms with Crippen LogP contribution in [0.1, 0.15) is 16.5 Å². The molecule has 0 aliphatic carbocycles. The second kappa shape index (κ2) is 9.17. The molecule has 0 aromatic heterocycles. The highest BCUT2D eigenvalue weighted by molar-refractivity contribution is 8.00. The summed E-state index contributed by atoms with van der Waals surface area (Å²) in [7, 11) is 7.91. The van der Waals surface area contributed by atoms with Crippen LogP contribution >= 0.6 is 11.8 Å². The van der Waals surface area contributed by atoms with Crippen LogP contribution in [0.2, 0.25) is 0 Å². The number of methoxy groups -OCH3 is 5. The molecule has 1 saturated heterocycles. The van der Waals surface area contributed by atoms with Gasteiger partial charge in [-0.05, 0) is 35.4 Å². The quantitative estimate of drug-likeness (QED) is 0.649. The van der Waals surface area contributed by atoms with E-state index in [9.17, 15) is 4.79 Å². The van der Waals surface area contributed by atoms with Crippen LogP contribution in [0.3, 0.4) is 0 Å². The van der Waals surface area contributed by atoms with Crippen LogP contribution in [-0.4, -0.2) is 52.1 Å². The van der Waals surface area contributed by atoms with Crippen molar-refractivity contribution < 1.29 is 28.5 Å². The molecule has 0 radical (unpaired) electrons. The Morgan fingerprint density at radius 3 is 2.03 bits per heavy atom. The maximum atomic E-state index is 12.6. The van der Waals surface area contributed by atoms with Gasteiger partial charge in [0.25, 0.3) is 0 Å². The molecule has 1 aliphatic heterocycles. The maximum absolute atomic E-state index is 12.6. The van der Waals surface area contributed by atoms with E-state index in [0.29, 0.717) is 41.0 Å². The summed E-state index contributed by atoms with van der Waals surface area (Å²) in [4.78, 5) is 14.5. The van der Waals surface area contributed by atoms with Gasteiger partial charge in [0.05, 0.1) is 41.3 Å². The average molecular weight is 419 g/mol. The van der Waals surface area contributed by atoms with Crippen LogP contribution in [0.5, 0.6) is 28.7 Å². The number of ether oxygens (including phenoxy) is 5. The normalized spacial score (nSPS) is 16.0. The van der Waals surface area contributed by atoms with Crippen LogP contribution in [0.25, 0.3) is 0 Å². The Bertz CT molecular complexity index is 862. The first kappa shape index (κ1) is 21.0. The van der Waals surface area contributed by atoms with Crippen molar-refractivity contribution in [3.8, 4) is 28.7 Å². The number of hydrogen-bond donors (Lipinski definition) is 0. The summed E-state index contributed by atoms with van der Waals surface area (Å²) in [6, 6.07) is 9.46. The van der Waals surface area contributed by atoms with Crippen molar-refractivity contribution >= 4 is 17.7 Å². The minimum Gasteiger partial charge on any atom is -0.493 e. The van der Waals surface area contributed by atoms with Crippen LogP contribution in [0.15, 0.2) is 30.3 Å². The second-order valence-electron chi connectivity index (χ2n) is 6.33. The molecule has 1 atom stereocenters. The van der Waals surface area contributed by atoms with Gasteiger partial charge in [0.15, 0.2) is 23.0 Å². The number of hydrogen-bond acceptors (Lipinski definition) is 7. The van der Waals surface area contributed by atoms with E-state index in [-0.39, 0.29) is 11.3 Å². The highest BCUT2D eigenvalue weighted by Gasteiger charge is 2.33. The average Bonchev–Trinajstić information content (AvgIpc) is 3.12. The third-order valence-electron chi connectivity index (χ3n) is 4.74. The standard InChI is InChI=1S/C21H25NO6S/c1-24-15-7-6-14(10-16(15)25-2)21-22(19(23)12-29-21)11-13-8-17(26-3)20(28-5)18(9-13)27-4/h6-10,21H,11-12H2,1-5H3. The van der Waals surface area contributed by atoms with Crippen molar-refractivity contribution in [3.63, 3.8) is 0 Å². The zero-order valence-electron chi connectivity index (χ0n) is 17.2. The van der Waals surface area contributed by atoms with Crippen molar-refractivity contribution in [1.29, 1.82) is 0 Å². The molecule has 7 nitrogen and oxygen atoms in total. The summed E-state index contributed by atoms with van der Waals surface area (Å²) in [6.07, 6.45) is 0. The number of carbonyl (C=O) groups excluding carboxylic acids is 1. The van der Waals surface area contributed by atoms with Gasteiger partial charge in [-0.15, -0.1) is 11.8 Å². The smallest absolute Gasteiger partial charge is 0.234 e. The van der Waals surface area contributed by atoms with Crippen molar-refractivity contribution in [1.82, 2.24) is 4.90 Å². The molecule has 3 rings (SSSR count). The zero-order valence-corrected chi connectivity index (χ0v) is 18.0. The van der Waals surface area contributed by atoms with Crippen LogP contribution in [0.4, 0.5) is 0 Å². The molecule has 0 spiro atoms. The van der Waals surface area contributed by atoms with Crippen molar-refractivity contribution in [3.05, 3.63) is 41.5 Å². The molecule has 1 fully saturated rings. The van der Waals surface area contributed by atoms with Crippen LogP contribution in [-0.2, 0) is 11.3 Å². The lowest BCUT2D eigenvalue weighted by Gasteiger charge is -2.25. The summed E-state index contributed by atoms with van der Waals surface area (Å²) in [5.41, 5.74) is 1.87. The topological polar surface area (TPSA) is 66.5 Å². The van der Waals surface area contributed by atoms with Crippen LogP contribution in [0, 0.1) is 0 Å². The Kier molecular flexibility index (Phi) is 6.64. The summed E-state index contributed by atoms with van der Waals surface area (Å²) >= 11 is 1.58. The molecule has 0 saturated carbocycles. The van der Waals surface area contributed by atoms with Gasteiger partial charge in [0, 0.05) is 6.54 Å². The van der Waals surface area contributed by atoms with Gasteiger partial charge in [-0.25, -0.2) is 0 Å². The number of carbonyl (C=O) groups is 1. The molecule has 1 heterocycles. The lowest BCUT2D eigenvalue weighted by Crippen LogP contribution is -2.27. The first-order chi connectivity index (χ1) is 14.1. The molecule has 2 aromatic carbocycles. The first-order valence-corrected chi connectivity index (χ1v) is 10.0. The van der Waals surface area contributed by atoms with Gasteiger partial charge in [-0.3, -0.25) is 4.79 Å². The maximum Gasteiger partial charge on any atom is 0.234 e. The summed E-state index contributed by atoms with van der Waals surface area (Å²) in [6.45, 7) is 0.418. The number of benzene rings is 2. The fourth-order valence-electron chi connectivity index (χ4n) is 3.33. The Morgan fingerprint density at radius 2 is 1.48 bits per heavy atom. The Hall–Kier alpha value is -2.74. The number of rotatable bonds is 8. The molecule has 0 bridgehead atoms. The summed E-state index contributed by atoms with van der Waals surface area (Å²) in [5.74, 6) is 3.43. The molecular weight excluding hydrogens is 394 g/mol. The molecule has 156 valence electrons. The first-order valence-electron chi connectivity index (χ1n) is 8.98. The fraction of sp³-hybridized carbons (Fsp3) is 0.381. The lowest BCUT2D eigenvalue weighted by atomic mass is 10.1. The van der Waals surface area contributed by atoms with Gasteiger partial charge in [-0.1, -0.05) is 6.07 Å². The third kappa shape index (κ3) is 4.17. The Morgan fingerprint density at radius 1 is 0.862 bits per heavy atom. The Labute approximate surface area is 174 Å². The molecule has 1 aliphatic rings. The molecular formula is C21H25NO6S. The number of thioether (sulfide) groups is 1. The molecule has 1 unspecified atom stereocenters. The highest BCUT2D eigenvalue weighted by atomic mass is 32.2. The lowest BCUT2D eigenvalue weighted by molar-refractivity contribution is -0.128. The minimum atomic E-state index is -0.124. The van der Waals surface area contributed by atoms with E-state index in [2.05, 4.69) is 0 Å². The van der Waals surface area contributed by atoms with E-state index in [1.54, 1.807) is 47.3 Å². The predicted octanol–water partition coefficient (Wildman–Crippen LogP) is 3.50. The van der Waals surface area contributed by atoms with Gasteiger partial charge in [0.2, 0.25) is 11.7 Å². The zero-order chi connectivity index (χ0) is 21.0. The van der Waals surface area contributed by atoms with E-state index >= 15 is 0 Å². The van der Waals surface area contributed by atoms with Crippen molar-refractivity contribution in [2.75, 3.05) is 41.3 Å². The monoisotopic (exact) mass is 419 g/mol. The van der Waals surface area contributed by atoms with E-state index in [4.69, 9.17) is 23.7 Å². The molecule has 1 amide bonds. The Balaban J connectivity index is 1.92. The molecule has 29 heavy (non-hydrogen) atoms.